The molecule has 1 saturated heterocycles. The molecule has 5 rings (SSSR count). The third-order valence-corrected chi connectivity index (χ3v) is 7.23. The SMILES string of the molecule is O=C1C[C@H](c2ccco2)[C@@]2(c3ccccc3)c3ccccc3S(=O)(=O)N12. The molecule has 3 heterocycles. The summed E-state index contributed by atoms with van der Waals surface area (Å²) in [6.45, 7) is 0. The largest absolute Gasteiger partial charge is 0.469 e. The Hall–Kier alpha value is -2.86. The number of carbonyl (C=O) groups excluding carboxylic acids is 1. The zero-order valence-corrected chi connectivity index (χ0v) is 14.5. The molecule has 0 bridgehead atoms. The highest BCUT2D eigenvalue weighted by atomic mass is 32.2. The van der Waals surface area contributed by atoms with Gasteiger partial charge in [0.2, 0.25) is 5.91 Å². The number of nitrogens with zero attached hydrogens (tertiary/aromatic N) is 1. The minimum Gasteiger partial charge on any atom is -0.469 e. The standard InChI is InChI=1S/C20H15NO4S/c22-19-13-16(17-10-6-12-25-17)20(14-7-2-1-3-8-14)15-9-4-5-11-18(15)26(23,24)21(19)20/h1-12,16H,13H2/t16-,20-/m1/s1. The van der Waals surface area contributed by atoms with Crippen molar-refractivity contribution < 1.29 is 17.6 Å². The molecular formula is C20H15NO4S. The van der Waals surface area contributed by atoms with Gasteiger partial charge in [-0.05, 0) is 23.8 Å². The molecule has 0 aliphatic carbocycles. The van der Waals surface area contributed by atoms with Gasteiger partial charge in [0.15, 0.2) is 0 Å². The molecule has 2 atom stereocenters. The molecule has 1 amide bonds. The fourth-order valence-corrected chi connectivity index (χ4v) is 6.43. The molecule has 1 aromatic heterocycles. The van der Waals surface area contributed by atoms with Gasteiger partial charge in [0.1, 0.15) is 11.3 Å². The molecule has 1 fully saturated rings. The number of rotatable bonds is 2. The Bertz CT molecular complexity index is 1110. The van der Waals surface area contributed by atoms with Crippen molar-refractivity contribution in [2.24, 2.45) is 0 Å². The van der Waals surface area contributed by atoms with Gasteiger partial charge in [-0.25, -0.2) is 12.7 Å². The minimum absolute atomic E-state index is 0.0793. The van der Waals surface area contributed by atoms with Gasteiger partial charge in [-0.1, -0.05) is 48.5 Å². The van der Waals surface area contributed by atoms with Crippen molar-refractivity contribution in [2.45, 2.75) is 22.8 Å². The van der Waals surface area contributed by atoms with E-state index in [2.05, 4.69) is 0 Å². The fraction of sp³-hybridized carbons (Fsp3) is 0.150. The van der Waals surface area contributed by atoms with E-state index in [4.69, 9.17) is 4.42 Å². The molecule has 130 valence electrons. The molecule has 0 spiro atoms. The van der Waals surface area contributed by atoms with Gasteiger partial charge in [0.05, 0.1) is 17.1 Å². The molecule has 0 radical (unpaired) electrons. The molecule has 2 aliphatic heterocycles. The molecule has 2 aliphatic rings. The molecule has 26 heavy (non-hydrogen) atoms. The summed E-state index contributed by atoms with van der Waals surface area (Å²) in [5.41, 5.74) is 0.269. The summed E-state index contributed by atoms with van der Waals surface area (Å²) in [4.78, 5) is 13.1. The highest BCUT2D eigenvalue weighted by molar-refractivity contribution is 7.90. The number of hydrogen-bond donors (Lipinski definition) is 0. The molecular weight excluding hydrogens is 350 g/mol. The van der Waals surface area contributed by atoms with Gasteiger partial charge in [0, 0.05) is 12.0 Å². The Kier molecular flexibility index (Phi) is 3.01. The first-order valence-electron chi connectivity index (χ1n) is 8.34. The van der Waals surface area contributed by atoms with Crippen molar-refractivity contribution in [1.82, 2.24) is 4.31 Å². The van der Waals surface area contributed by atoms with Gasteiger partial charge in [-0.15, -0.1) is 0 Å². The Labute approximate surface area is 150 Å². The maximum atomic E-state index is 13.2. The van der Waals surface area contributed by atoms with Gasteiger partial charge >= 0.3 is 0 Å². The molecule has 0 N–H and O–H groups in total. The van der Waals surface area contributed by atoms with Gasteiger partial charge < -0.3 is 4.42 Å². The Morgan fingerprint density at radius 2 is 1.69 bits per heavy atom. The summed E-state index contributed by atoms with van der Waals surface area (Å²) in [7, 11) is -3.92. The van der Waals surface area contributed by atoms with E-state index in [9.17, 15) is 13.2 Å². The summed E-state index contributed by atoms with van der Waals surface area (Å²) in [6.07, 6.45) is 1.63. The molecule has 3 aromatic rings. The van der Waals surface area contributed by atoms with Gasteiger partial charge in [0.25, 0.3) is 10.0 Å². The van der Waals surface area contributed by atoms with Crippen LogP contribution in [0.3, 0.4) is 0 Å². The average molecular weight is 365 g/mol. The van der Waals surface area contributed by atoms with Crippen molar-refractivity contribution in [1.29, 1.82) is 0 Å². The van der Waals surface area contributed by atoms with Crippen molar-refractivity contribution in [3.05, 3.63) is 89.9 Å². The van der Waals surface area contributed by atoms with Crippen LogP contribution in [0.5, 0.6) is 0 Å². The number of benzene rings is 2. The van der Waals surface area contributed by atoms with Crippen molar-refractivity contribution in [3.8, 4) is 0 Å². The van der Waals surface area contributed by atoms with Crippen LogP contribution < -0.4 is 0 Å². The first kappa shape index (κ1) is 15.4. The van der Waals surface area contributed by atoms with Crippen LogP contribution in [0.2, 0.25) is 0 Å². The fourth-order valence-electron chi connectivity index (χ4n) is 4.43. The predicted octanol–water partition coefficient (Wildman–Crippen LogP) is 3.24. The third kappa shape index (κ3) is 1.69. The average Bonchev–Trinajstić information content (AvgIpc) is 3.33. The summed E-state index contributed by atoms with van der Waals surface area (Å²) in [6, 6.07) is 19.8. The van der Waals surface area contributed by atoms with Gasteiger partial charge in [-0.2, -0.15) is 0 Å². The van der Waals surface area contributed by atoms with E-state index in [0.29, 0.717) is 11.3 Å². The van der Waals surface area contributed by atoms with Crippen LogP contribution in [0.1, 0.15) is 29.2 Å². The van der Waals surface area contributed by atoms with Crippen molar-refractivity contribution in [2.75, 3.05) is 0 Å². The maximum Gasteiger partial charge on any atom is 0.268 e. The lowest BCUT2D eigenvalue weighted by Crippen LogP contribution is -2.44. The van der Waals surface area contributed by atoms with E-state index in [1.807, 2.05) is 36.4 Å². The molecule has 6 heteroatoms. The molecule has 0 saturated carbocycles. The van der Waals surface area contributed by atoms with Crippen LogP contribution in [-0.4, -0.2) is 18.6 Å². The highest BCUT2D eigenvalue weighted by Gasteiger charge is 2.66. The van der Waals surface area contributed by atoms with E-state index in [-0.39, 0.29) is 11.3 Å². The highest BCUT2D eigenvalue weighted by Crippen LogP contribution is 2.60. The van der Waals surface area contributed by atoms with Gasteiger partial charge in [-0.3, -0.25) is 4.79 Å². The molecule has 5 nitrogen and oxygen atoms in total. The van der Waals surface area contributed by atoms with Crippen LogP contribution >= 0.6 is 0 Å². The Balaban J connectivity index is 1.93. The predicted molar refractivity (Wildman–Crippen MR) is 93.8 cm³/mol. The second kappa shape index (κ2) is 5.08. The second-order valence-electron chi connectivity index (χ2n) is 6.56. The quantitative estimate of drug-likeness (QED) is 0.699. The van der Waals surface area contributed by atoms with Crippen LogP contribution in [0.25, 0.3) is 0 Å². The first-order valence-corrected chi connectivity index (χ1v) is 9.78. The van der Waals surface area contributed by atoms with E-state index in [1.165, 1.54) is 0 Å². The number of hydrogen-bond acceptors (Lipinski definition) is 4. The normalized spacial score (nSPS) is 25.9. The van der Waals surface area contributed by atoms with Crippen LogP contribution in [-0.2, 0) is 20.4 Å². The Morgan fingerprint density at radius 1 is 0.962 bits per heavy atom. The van der Waals surface area contributed by atoms with Crippen LogP contribution in [0.4, 0.5) is 0 Å². The zero-order valence-electron chi connectivity index (χ0n) is 13.7. The number of furan rings is 1. The smallest absolute Gasteiger partial charge is 0.268 e. The summed E-state index contributed by atoms with van der Waals surface area (Å²) >= 11 is 0. The van der Waals surface area contributed by atoms with E-state index < -0.39 is 27.4 Å². The summed E-state index contributed by atoms with van der Waals surface area (Å²) < 4.78 is 33.2. The van der Waals surface area contributed by atoms with E-state index in [0.717, 1.165) is 9.87 Å². The monoisotopic (exact) mass is 365 g/mol. The number of sulfonamides is 1. The van der Waals surface area contributed by atoms with Crippen LogP contribution in [0.15, 0.2) is 82.3 Å². The number of carbonyl (C=O) groups is 1. The van der Waals surface area contributed by atoms with Crippen LogP contribution in [0, 0.1) is 0 Å². The number of fused-ring (bicyclic) bond motifs is 3. The second-order valence-corrected chi connectivity index (χ2v) is 8.32. The lowest BCUT2D eigenvalue weighted by molar-refractivity contribution is -0.125. The first-order chi connectivity index (χ1) is 12.6. The minimum atomic E-state index is -3.92. The lowest BCUT2D eigenvalue weighted by Gasteiger charge is -2.36. The lowest BCUT2D eigenvalue weighted by atomic mass is 9.73. The molecule has 2 aromatic carbocycles. The molecule has 0 unspecified atom stereocenters. The van der Waals surface area contributed by atoms with Crippen molar-refractivity contribution in [3.63, 3.8) is 0 Å². The Morgan fingerprint density at radius 3 is 2.42 bits per heavy atom. The topological polar surface area (TPSA) is 67.6 Å². The zero-order chi connectivity index (χ0) is 17.9. The van der Waals surface area contributed by atoms with E-state index >= 15 is 0 Å². The van der Waals surface area contributed by atoms with E-state index in [1.54, 1.807) is 36.6 Å². The summed E-state index contributed by atoms with van der Waals surface area (Å²) in [5.74, 6) is -0.228. The third-order valence-electron chi connectivity index (χ3n) is 5.35. The maximum absolute atomic E-state index is 13.2. The summed E-state index contributed by atoms with van der Waals surface area (Å²) in [5, 5.41) is 0. The number of amides is 1. The van der Waals surface area contributed by atoms with Crippen molar-refractivity contribution >= 4 is 15.9 Å².